The Labute approximate surface area is 197 Å². The first kappa shape index (κ1) is 22.6. The van der Waals surface area contributed by atoms with Crippen molar-refractivity contribution >= 4 is 34.8 Å². The number of nitrogens with zero attached hydrogens (tertiary/aromatic N) is 3. The Hall–Kier alpha value is -3.23. The minimum atomic E-state index is -1.22. The maximum absolute atomic E-state index is 13.5. The van der Waals surface area contributed by atoms with Gasteiger partial charge in [-0.25, -0.2) is 14.6 Å². The maximum Gasteiger partial charge on any atom is 0.337 e. The molecule has 9 nitrogen and oxygen atoms in total. The lowest BCUT2D eigenvalue weighted by atomic mass is 9.88. The average molecular weight is 468 g/mol. The van der Waals surface area contributed by atoms with Gasteiger partial charge in [0, 0.05) is 23.7 Å². The second-order valence-corrected chi connectivity index (χ2v) is 9.48. The van der Waals surface area contributed by atoms with Crippen molar-refractivity contribution in [3.8, 4) is 0 Å². The number of aromatic nitrogens is 1. The van der Waals surface area contributed by atoms with Crippen LogP contribution in [0.15, 0.2) is 28.9 Å². The van der Waals surface area contributed by atoms with Gasteiger partial charge in [-0.2, -0.15) is 0 Å². The van der Waals surface area contributed by atoms with Crippen LogP contribution < -0.4 is 0 Å². The monoisotopic (exact) mass is 467 g/mol. The highest BCUT2D eigenvalue weighted by molar-refractivity contribution is 6.12. The lowest BCUT2D eigenvalue weighted by Gasteiger charge is -2.26. The van der Waals surface area contributed by atoms with Crippen molar-refractivity contribution < 1.29 is 28.3 Å². The number of imide groups is 2. The third kappa shape index (κ3) is 4.19. The van der Waals surface area contributed by atoms with Crippen molar-refractivity contribution in [2.24, 2.45) is 11.8 Å². The van der Waals surface area contributed by atoms with E-state index in [-0.39, 0.29) is 23.5 Å². The number of hydrogen-bond acceptors (Lipinski definition) is 7. The highest BCUT2D eigenvalue weighted by atomic mass is 16.5. The third-order valence-corrected chi connectivity index (χ3v) is 7.27. The molecule has 0 spiro atoms. The number of hydrogen-bond donors (Lipinski definition) is 0. The molecule has 0 aromatic carbocycles. The molecule has 2 saturated carbocycles. The molecule has 2 aliphatic carbocycles. The molecule has 1 aliphatic heterocycles. The number of furan rings is 1. The highest BCUT2D eigenvalue weighted by Gasteiger charge is 2.52. The topological polar surface area (TPSA) is 110 Å². The molecule has 1 saturated heterocycles. The van der Waals surface area contributed by atoms with Crippen LogP contribution in [0.2, 0.25) is 0 Å². The number of urea groups is 1. The fourth-order valence-electron chi connectivity index (χ4n) is 5.35. The van der Waals surface area contributed by atoms with Crippen molar-refractivity contribution in [1.29, 1.82) is 0 Å². The zero-order valence-corrected chi connectivity index (χ0v) is 19.1. The minimum Gasteiger partial charge on any atom is -0.458 e. The third-order valence-electron chi connectivity index (χ3n) is 7.27. The van der Waals surface area contributed by atoms with E-state index in [1.807, 2.05) is 0 Å². The summed E-state index contributed by atoms with van der Waals surface area (Å²) in [6.07, 6.45) is 12.0. The average Bonchev–Trinajstić information content (AvgIpc) is 3.41. The van der Waals surface area contributed by atoms with Crippen LogP contribution in [0.4, 0.5) is 4.79 Å². The summed E-state index contributed by atoms with van der Waals surface area (Å²) in [5.41, 5.74) is 0.512. The normalized spacial score (nSPS) is 22.5. The maximum atomic E-state index is 13.5. The first-order valence-corrected chi connectivity index (χ1v) is 12.2. The van der Waals surface area contributed by atoms with Crippen LogP contribution >= 0.6 is 0 Å². The standard InChI is InChI=1S/C25H29N3O6/c29-22(16-7-3-1-4-8-16)28-21(20-13-18-14-26-12-11-19(18)34-20)23(30)27(25(28)32)15-33-24(31)17-9-5-2-6-10-17/h11-14,16-17,21H,1-10,15H2. The van der Waals surface area contributed by atoms with E-state index in [1.54, 1.807) is 24.5 Å². The summed E-state index contributed by atoms with van der Waals surface area (Å²) >= 11 is 0. The molecule has 0 bridgehead atoms. The Balaban J connectivity index is 1.41. The molecule has 2 aromatic heterocycles. The van der Waals surface area contributed by atoms with Gasteiger partial charge in [-0.15, -0.1) is 0 Å². The zero-order valence-electron chi connectivity index (χ0n) is 19.1. The summed E-state index contributed by atoms with van der Waals surface area (Å²) < 4.78 is 11.3. The van der Waals surface area contributed by atoms with Gasteiger partial charge in [-0.05, 0) is 37.8 Å². The van der Waals surface area contributed by atoms with Gasteiger partial charge in [0.1, 0.15) is 11.3 Å². The van der Waals surface area contributed by atoms with Crippen LogP contribution in [0.5, 0.6) is 0 Å². The molecule has 5 rings (SSSR count). The van der Waals surface area contributed by atoms with Gasteiger partial charge in [0.2, 0.25) is 5.91 Å². The highest BCUT2D eigenvalue weighted by Crippen LogP contribution is 2.37. The Bertz CT molecular complexity index is 1070. The quantitative estimate of drug-likeness (QED) is 0.476. The largest absolute Gasteiger partial charge is 0.458 e. The fourth-order valence-corrected chi connectivity index (χ4v) is 5.35. The summed E-state index contributed by atoms with van der Waals surface area (Å²) in [5.74, 6) is -1.72. The van der Waals surface area contributed by atoms with Gasteiger partial charge < -0.3 is 9.15 Å². The van der Waals surface area contributed by atoms with Crippen molar-refractivity contribution in [3.63, 3.8) is 0 Å². The molecular weight excluding hydrogens is 438 g/mol. The summed E-state index contributed by atoms with van der Waals surface area (Å²) in [6.45, 7) is -0.500. The van der Waals surface area contributed by atoms with Gasteiger partial charge in [0.05, 0.1) is 5.92 Å². The number of fused-ring (bicyclic) bond motifs is 1. The second-order valence-electron chi connectivity index (χ2n) is 9.48. The van der Waals surface area contributed by atoms with E-state index in [1.165, 1.54) is 0 Å². The second kappa shape index (κ2) is 9.56. The number of rotatable bonds is 5. The Morgan fingerprint density at radius 2 is 1.68 bits per heavy atom. The molecule has 4 amide bonds. The molecule has 2 aromatic rings. The Morgan fingerprint density at radius 1 is 1.00 bits per heavy atom. The SMILES string of the molecule is O=C(OCN1C(=O)C(c2cc3cnccc3o2)N(C(=O)C2CCCCC2)C1=O)C1CCCCC1. The van der Waals surface area contributed by atoms with Crippen LogP contribution in [-0.4, -0.2) is 45.3 Å². The summed E-state index contributed by atoms with van der Waals surface area (Å²) in [4.78, 5) is 58.7. The van der Waals surface area contributed by atoms with Gasteiger partial charge >= 0.3 is 12.0 Å². The summed E-state index contributed by atoms with van der Waals surface area (Å²) in [7, 11) is 0. The van der Waals surface area contributed by atoms with E-state index in [9.17, 15) is 19.2 Å². The number of amides is 4. The molecule has 9 heteroatoms. The molecular formula is C25H29N3O6. The van der Waals surface area contributed by atoms with Crippen molar-refractivity contribution in [2.45, 2.75) is 70.3 Å². The van der Waals surface area contributed by atoms with Crippen LogP contribution in [-0.2, 0) is 19.1 Å². The zero-order chi connectivity index (χ0) is 23.7. The van der Waals surface area contributed by atoms with Gasteiger partial charge in [-0.1, -0.05) is 38.5 Å². The molecule has 3 heterocycles. The van der Waals surface area contributed by atoms with E-state index in [2.05, 4.69) is 4.98 Å². The van der Waals surface area contributed by atoms with Crippen LogP contribution in [0.25, 0.3) is 11.0 Å². The molecule has 0 N–H and O–H groups in total. The first-order chi connectivity index (χ1) is 16.5. The van der Waals surface area contributed by atoms with Crippen LogP contribution in [0.3, 0.4) is 0 Å². The van der Waals surface area contributed by atoms with Crippen LogP contribution in [0.1, 0.15) is 76.0 Å². The predicted molar refractivity (Wildman–Crippen MR) is 120 cm³/mol. The van der Waals surface area contributed by atoms with E-state index in [0.717, 1.165) is 61.2 Å². The van der Waals surface area contributed by atoms with E-state index in [4.69, 9.17) is 9.15 Å². The lowest BCUT2D eigenvalue weighted by molar-refractivity contribution is -0.155. The van der Waals surface area contributed by atoms with Crippen molar-refractivity contribution in [2.75, 3.05) is 6.73 Å². The lowest BCUT2D eigenvalue weighted by Crippen LogP contribution is -2.42. The Kier molecular flexibility index (Phi) is 6.34. The molecule has 3 aliphatic rings. The predicted octanol–water partition coefficient (Wildman–Crippen LogP) is 4.32. The van der Waals surface area contributed by atoms with Crippen molar-refractivity contribution in [1.82, 2.24) is 14.8 Å². The van der Waals surface area contributed by atoms with E-state index in [0.29, 0.717) is 23.8 Å². The summed E-state index contributed by atoms with van der Waals surface area (Å²) in [5, 5.41) is 0.671. The van der Waals surface area contributed by atoms with Gasteiger partial charge in [0.25, 0.3) is 5.91 Å². The van der Waals surface area contributed by atoms with Crippen LogP contribution in [0, 0.1) is 11.8 Å². The molecule has 1 atom stereocenters. The number of carbonyl (C=O) groups is 4. The fraction of sp³-hybridized carbons (Fsp3) is 0.560. The van der Waals surface area contributed by atoms with E-state index >= 15 is 0 Å². The molecule has 180 valence electrons. The van der Waals surface area contributed by atoms with E-state index < -0.39 is 30.7 Å². The molecule has 34 heavy (non-hydrogen) atoms. The Morgan fingerprint density at radius 3 is 2.35 bits per heavy atom. The smallest absolute Gasteiger partial charge is 0.337 e. The molecule has 0 radical (unpaired) electrons. The summed E-state index contributed by atoms with van der Waals surface area (Å²) in [6, 6.07) is 1.32. The molecule has 3 fully saturated rings. The number of pyridine rings is 1. The van der Waals surface area contributed by atoms with Crippen molar-refractivity contribution in [3.05, 3.63) is 30.3 Å². The first-order valence-electron chi connectivity index (χ1n) is 12.2. The molecule has 1 unspecified atom stereocenters. The van der Waals surface area contributed by atoms with Gasteiger partial charge in [-0.3, -0.25) is 19.4 Å². The number of esters is 1. The minimum absolute atomic E-state index is 0.201. The van der Waals surface area contributed by atoms with Gasteiger partial charge in [0.15, 0.2) is 12.8 Å². The number of ether oxygens (including phenoxy) is 1. The number of carbonyl (C=O) groups excluding carboxylic acids is 4.